The van der Waals surface area contributed by atoms with Crippen LogP contribution in [0.15, 0.2) is 52.8 Å². The van der Waals surface area contributed by atoms with Crippen LogP contribution in [0.2, 0.25) is 0 Å². The standard InChI is InChI=1S/C24H23N3O6S/c1-27-16-7-5-4-6-14(16)21(29)20(23(27)31)17(28)12-15(26-24-25-8-9-34-24)13-10-18(32-2)22(30)19(11-13)33-3/h4-11,15,29-30H,12H2,1-3H3,(H,25,26)/t15-/m1/s1. The lowest BCUT2D eigenvalue weighted by Crippen LogP contribution is -2.26. The number of carbonyl (C=O) groups excluding carboxylic acids is 1. The van der Waals surface area contributed by atoms with E-state index in [1.165, 1.54) is 30.1 Å². The summed E-state index contributed by atoms with van der Waals surface area (Å²) >= 11 is 1.34. The van der Waals surface area contributed by atoms with Gasteiger partial charge in [-0.1, -0.05) is 12.1 Å². The van der Waals surface area contributed by atoms with Gasteiger partial charge in [0, 0.05) is 30.4 Å². The monoisotopic (exact) mass is 481 g/mol. The summed E-state index contributed by atoms with van der Waals surface area (Å²) in [6.45, 7) is 0. The van der Waals surface area contributed by atoms with Crippen LogP contribution in [0.25, 0.3) is 10.9 Å². The van der Waals surface area contributed by atoms with Crippen molar-refractivity contribution in [3.63, 3.8) is 0 Å². The van der Waals surface area contributed by atoms with E-state index in [0.29, 0.717) is 21.6 Å². The summed E-state index contributed by atoms with van der Waals surface area (Å²) in [5.41, 5.74) is 0.207. The number of fused-ring (bicyclic) bond motifs is 1. The lowest BCUT2D eigenvalue weighted by atomic mass is 9.96. The third-order valence-corrected chi connectivity index (χ3v) is 6.28. The number of phenols is 1. The van der Waals surface area contributed by atoms with Crippen LogP contribution in [-0.2, 0) is 7.05 Å². The molecule has 3 N–H and O–H groups in total. The molecule has 0 bridgehead atoms. The van der Waals surface area contributed by atoms with E-state index in [4.69, 9.17) is 9.47 Å². The number of carbonyl (C=O) groups is 1. The number of hydrogen-bond acceptors (Lipinski definition) is 9. The van der Waals surface area contributed by atoms with Crippen molar-refractivity contribution in [3.8, 4) is 23.0 Å². The molecule has 2 aromatic carbocycles. The highest BCUT2D eigenvalue weighted by atomic mass is 32.1. The smallest absolute Gasteiger partial charge is 0.265 e. The number of nitrogens with one attached hydrogen (secondary N) is 1. The van der Waals surface area contributed by atoms with Crippen molar-refractivity contribution in [2.75, 3.05) is 19.5 Å². The number of thiazole rings is 1. The number of aromatic nitrogens is 2. The number of nitrogens with zero attached hydrogens (tertiary/aromatic N) is 2. The van der Waals surface area contributed by atoms with Crippen molar-refractivity contribution in [1.82, 2.24) is 9.55 Å². The Morgan fingerprint density at radius 3 is 2.44 bits per heavy atom. The van der Waals surface area contributed by atoms with Crippen LogP contribution in [0, 0.1) is 0 Å². The fraction of sp³-hybridized carbons (Fsp3) is 0.208. The average molecular weight is 482 g/mol. The minimum absolute atomic E-state index is 0.164. The van der Waals surface area contributed by atoms with Gasteiger partial charge >= 0.3 is 0 Å². The Kier molecular flexibility index (Phi) is 6.42. The van der Waals surface area contributed by atoms with Crippen molar-refractivity contribution in [1.29, 1.82) is 0 Å². The van der Waals surface area contributed by atoms with Gasteiger partial charge in [-0.2, -0.15) is 0 Å². The van der Waals surface area contributed by atoms with Crippen LogP contribution < -0.4 is 20.3 Å². The Morgan fingerprint density at radius 1 is 1.15 bits per heavy atom. The number of aromatic hydroxyl groups is 2. The van der Waals surface area contributed by atoms with Crippen LogP contribution >= 0.6 is 11.3 Å². The van der Waals surface area contributed by atoms with Gasteiger partial charge in [-0.05, 0) is 29.8 Å². The van der Waals surface area contributed by atoms with Gasteiger partial charge in [0.25, 0.3) is 5.56 Å². The number of anilines is 1. The van der Waals surface area contributed by atoms with E-state index in [1.54, 1.807) is 55.0 Å². The second-order valence-corrected chi connectivity index (χ2v) is 8.44. The van der Waals surface area contributed by atoms with Crippen molar-refractivity contribution >= 4 is 33.2 Å². The third kappa shape index (κ3) is 4.15. The van der Waals surface area contributed by atoms with Crippen molar-refractivity contribution in [2.45, 2.75) is 12.5 Å². The summed E-state index contributed by atoms with van der Waals surface area (Å²) in [7, 11) is 4.37. The molecular weight excluding hydrogens is 458 g/mol. The lowest BCUT2D eigenvalue weighted by molar-refractivity contribution is 0.0972. The molecule has 0 amide bonds. The highest BCUT2D eigenvalue weighted by Gasteiger charge is 2.26. The number of Topliss-reactive ketones (excluding diaryl/α,β-unsaturated/α-hetero) is 1. The topological polar surface area (TPSA) is 123 Å². The fourth-order valence-corrected chi connectivity index (χ4v) is 4.41. The first-order valence-corrected chi connectivity index (χ1v) is 11.2. The molecule has 4 rings (SSSR count). The molecule has 0 saturated carbocycles. The molecule has 4 aromatic rings. The van der Waals surface area contributed by atoms with Crippen molar-refractivity contribution < 1.29 is 24.5 Å². The van der Waals surface area contributed by atoms with Crippen LogP contribution in [0.5, 0.6) is 23.0 Å². The molecule has 34 heavy (non-hydrogen) atoms. The molecule has 2 aromatic heterocycles. The van der Waals surface area contributed by atoms with Gasteiger partial charge < -0.3 is 29.6 Å². The fourth-order valence-electron chi connectivity index (χ4n) is 3.83. The minimum atomic E-state index is -0.669. The predicted molar refractivity (Wildman–Crippen MR) is 129 cm³/mol. The molecule has 0 radical (unpaired) electrons. The Labute approximate surface area is 198 Å². The van der Waals surface area contributed by atoms with Crippen LogP contribution in [0.3, 0.4) is 0 Å². The highest BCUT2D eigenvalue weighted by Crippen LogP contribution is 2.40. The van der Waals surface area contributed by atoms with E-state index >= 15 is 0 Å². The average Bonchev–Trinajstić information content (AvgIpc) is 3.35. The molecule has 1 atom stereocenters. The summed E-state index contributed by atoms with van der Waals surface area (Å²) in [5.74, 6) is -0.745. The summed E-state index contributed by atoms with van der Waals surface area (Å²) in [5, 5.41) is 27.1. The molecule has 9 nitrogen and oxygen atoms in total. The van der Waals surface area contributed by atoms with E-state index in [-0.39, 0.29) is 35.0 Å². The first-order chi connectivity index (χ1) is 16.3. The normalized spacial score (nSPS) is 11.9. The number of hydrogen-bond donors (Lipinski definition) is 3. The van der Waals surface area contributed by atoms with Crippen molar-refractivity contribution in [2.24, 2.45) is 7.05 Å². The van der Waals surface area contributed by atoms with Gasteiger partial charge in [0.2, 0.25) is 5.75 Å². The van der Waals surface area contributed by atoms with E-state index in [9.17, 15) is 19.8 Å². The van der Waals surface area contributed by atoms with E-state index < -0.39 is 17.4 Å². The summed E-state index contributed by atoms with van der Waals surface area (Å²) in [6, 6.07) is 9.32. The number of aryl methyl sites for hydroxylation is 1. The summed E-state index contributed by atoms with van der Waals surface area (Å²) in [6.07, 6.45) is 1.44. The Hall–Kier alpha value is -4.05. The quantitative estimate of drug-likeness (QED) is 0.324. The maximum atomic E-state index is 13.4. The third-order valence-electron chi connectivity index (χ3n) is 5.58. The molecular formula is C24H23N3O6S. The zero-order chi connectivity index (χ0) is 24.4. The second kappa shape index (κ2) is 9.44. The number of methoxy groups -OCH3 is 2. The summed E-state index contributed by atoms with van der Waals surface area (Å²) < 4.78 is 11.9. The molecule has 0 aliphatic carbocycles. The van der Waals surface area contributed by atoms with Crippen LogP contribution in [-0.4, -0.2) is 39.8 Å². The zero-order valence-electron chi connectivity index (χ0n) is 18.7. The Morgan fingerprint density at radius 2 is 1.82 bits per heavy atom. The van der Waals surface area contributed by atoms with Crippen molar-refractivity contribution in [3.05, 3.63) is 69.5 Å². The maximum absolute atomic E-state index is 13.4. The summed E-state index contributed by atoms with van der Waals surface area (Å²) in [4.78, 5) is 30.7. The highest BCUT2D eigenvalue weighted by molar-refractivity contribution is 7.13. The molecule has 2 heterocycles. The number of ketones is 1. The number of phenolic OH excluding ortho intramolecular Hbond substituents is 1. The minimum Gasteiger partial charge on any atom is -0.506 e. The Balaban J connectivity index is 1.79. The van der Waals surface area contributed by atoms with Crippen LogP contribution in [0.1, 0.15) is 28.4 Å². The van der Waals surface area contributed by atoms with Gasteiger partial charge in [0.15, 0.2) is 22.4 Å². The molecule has 176 valence electrons. The molecule has 0 unspecified atom stereocenters. The maximum Gasteiger partial charge on any atom is 0.265 e. The van der Waals surface area contributed by atoms with Gasteiger partial charge in [0.1, 0.15) is 11.3 Å². The largest absolute Gasteiger partial charge is 0.506 e. The molecule has 0 spiro atoms. The molecule has 10 heteroatoms. The molecule has 0 saturated heterocycles. The predicted octanol–water partition coefficient (Wildman–Crippen LogP) is 3.85. The van der Waals surface area contributed by atoms with Gasteiger partial charge in [-0.25, -0.2) is 4.98 Å². The van der Waals surface area contributed by atoms with E-state index in [1.807, 2.05) is 0 Å². The SMILES string of the molecule is COc1cc([C@@H](CC(=O)c2c(O)c3ccccc3n(C)c2=O)Nc2nccs2)cc(OC)c1O. The first-order valence-electron chi connectivity index (χ1n) is 10.3. The zero-order valence-corrected chi connectivity index (χ0v) is 19.5. The second-order valence-electron chi connectivity index (χ2n) is 7.54. The number of para-hydroxylation sites is 1. The molecule has 0 fully saturated rings. The van der Waals surface area contributed by atoms with Gasteiger partial charge in [-0.15, -0.1) is 11.3 Å². The van der Waals surface area contributed by atoms with E-state index in [2.05, 4.69) is 10.3 Å². The lowest BCUT2D eigenvalue weighted by Gasteiger charge is -2.21. The number of benzene rings is 2. The number of pyridine rings is 1. The first kappa shape index (κ1) is 23.1. The Bertz CT molecular complexity index is 1390. The number of ether oxygens (including phenoxy) is 2. The molecule has 0 aliphatic rings. The van der Waals surface area contributed by atoms with Gasteiger partial charge in [0.05, 0.1) is 25.8 Å². The molecule has 0 aliphatic heterocycles. The van der Waals surface area contributed by atoms with E-state index in [0.717, 1.165) is 0 Å². The number of rotatable bonds is 8. The van der Waals surface area contributed by atoms with Crippen LogP contribution in [0.4, 0.5) is 5.13 Å². The van der Waals surface area contributed by atoms with Gasteiger partial charge in [-0.3, -0.25) is 9.59 Å².